The van der Waals surface area contributed by atoms with Crippen molar-refractivity contribution in [2.24, 2.45) is 5.73 Å². The second-order valence-corrected chi connectivity index (χ2v) is 6.31. The van der Waals surface area contributed by atoms with Crippen LogP contribution in [0.5, 0.6) is 0 Å². The normalized spacial score (nSPS) is 15.1. The molecule has 3 nitrogen and oxygen atoms in total. The van der Waals surface area contributed by atoms with Crippen LogP contribution in [-0.4, -0.2) is 24.9 Å². The van der Waals surface area contributed by atoms with Gasteiger partial charge < -0.3 is 15.2 Å². The Bertz CT molecular complexity index is 386. The molecule has 0 spiro atoms. The zero-order valence-electron chi connectivity index (χ0n) is 12.9. The Balaban J connectivity index is 2.59. The molecular weight excluding hydrogens is 274 g/mol. The average molecular weight is 300 g/mol. The van der Waals surface area contributed by atoms with Crippen molar-refractivity contribution in [1.29, 1.82) is 0 Å². The van der Waals surface area contributed by atoms with Crippen LogP contribution < -0.4 is 5.73 Å². The summed E-state index contributed by atoms with van der Waals surface area (Å²) in [6.45, 7) is 9.23. The van der Waals surface area contributed by atoms with E-state index in [1.54, 1.807) is 0 Å². The van der Waals surface area contributed by atoms with E-state index in [1.807, 2.05) is 45.0 Å². The summed E-state index contributed by atoms with van der Waals surface area (Å²) in [4.78, 5) is 0. The van der Waals surface area contributed by atoms with E-state index in [0.29, 0.717) is 18.2 Å². The molecule has 1 aromatic carbocycles. The van der Waals surface area contributed by atoms with Crippen molar-refractivity contribution >= 4 is 11.6 Å². The highest BCUT2D eigenvalue weighted by molar-refractivity contribution is 6.30. The molecule has 2 atom stereocenters. The van der Waals surface area contributed by atoms with Crippen molar-refractivity contribution in [3.63, 3.8) is 0 Å². The molecule has 4 heteroatoms. The Hall–Kier alpha value is -0.610. The smallest absolute Gasteiger partial charge is 0.0976 e. The maximum atomic E-state index is 6.16. The standard InChI is InChI=1S/C16H26ClNO2/c1-5-14(18)15(12-6-8-13(17)9-7-12)19-10-11-20-16(2,3)4/h6-9,14-15H,5,10-11,18H2,1-4H3. The van der Waals surface area contributed by atoms with Gasteiger partial charge in [0.15, 0.2) is 0 Å². The Morgan fingerprint density at radius 1 is 1.15 bits per heavy atom. The monoisotopic (exact) mass is 299 g/mol. The summed E-state index contributed by atoms with van der Waals surface area (Å²) in [7, 11) is 0. The molecule has 0 aliphatic rings. The lowest BCUT2D eigenvalue weighted by Crippen LogP contribution is -2.31. The van der Waals surface area contributed by atoms with Gasteiger partial charge in [-0.15, -0.1) is 0 Å². The predicted molar refractivity (Wildman–Crippen MR) is 84.1 cm³/mol. The minimum atomic E-state index is -0.147. The van der Waals surface area contributed by atoms with Crippen LogP contribution in [0.4, 0.5) is 0 Å². The molecule has 0 saturated heterocycles. The maximum Gasteiger partial charge on any atom is 0.0976 e. The minimum absolute atomic E-state index is 0.0363. The number of hydrogen-bond donors (Lipinski definition) is 1. The summed E-state index contributed by atoms with van der Waals surface area (Å²) in [5.41, 5.74) is 7.06. The maximum absolute atomic E-state index is 6.16. The number of benzene rings is 1. The van der Waals surface area contributed by atoms with Crippen molar-refractivity contribution in [2.75, 3.05) is 13.2 Å². The molecule has 0 radical (unpaired) electrons. The summed E-state index contributed by atoms with van der Waals surface area (Å²) >= 11 is 5.91. The summed E-state index contributed by atoms with van der Waals surface area (Å²) in [5, 5.41) is 0.716. The van der Waals surface area contributed by atoms with Crippen molar-refractivity contribution in [1.82, 2.24) is 0 Å². The number of nitrogens with two attached hydrogens (primary N) is 1. The Morgan fingerprint density at radius 3 is 2.25 bits per heavy atom. The Kier molecular flexibility index (Phi) is 6.96. The van der Waals surface area contributed by atoms with Crippen LogP contribution in [0.3, 0.4) is 0 Å². The van der Waals surface area contributed by atoms with E-state index >= 15 is 0 Å². The first-order valence-corrected chi connectivity index (χ1v) is 7.48. The van der Waals surface area contributed by atoms with Crippen molar-refractivity contribution in [3.8, 4) is 0 Å². The lowest BCUT2D eigenvalue weighted by atomic mass is 10.0. The third kappa shape index (κ3) is 6.23. The molecule has 0 aliphatic carbocycles. The van der Waals surface area contributed by atoms with E-state index < -0.39 is 0 Å². The number of rotatable bonds is 7. The highest BCUT2D eigenvalue weighted by atomic mass is 35.5. The number of hydrogen-bond acceptors (Lipinski definition) is 3. The zero-order chi connectivity index (χ0) is 15.2. The summed E-state index contributed by atoms with van der Waals surface area (Å²) in [6.07, 6.45) is 0.730. The molecule has 0 aromatic heterocycles. The molecule has 0 amide bonds. The van der Waals surface area contributed by atoms with Crippen LogP contribution in [0, 0.1) is 0 Å². The lowest BCUT2D eigenvalue weighted by molar-refractivity contribution is -0.0570. The van der Waals surface area contributed by atoms with Crippen LogP contribution in [0.1, 0.15) is 45.8 Å². The summed E-state index contributed by atoms with van der Waals surface area (Å²) < 4.78 is 11.6. The minimum Gasteiger partial charge on any atom is -0.373 e. The molecule has 0 aliphatic heterocycles. The van der Waals surface area contributed by atoms with Gasteiger partial charge in [0.1, 0.15) is 0 Å². The van der Waals surface area contributed by atoms with E-state index in [4.69, 9.17) is 26.8 Å². The van der Waals surface area contributed by atoms with Gasteiger partial charge in [0.25, 0.3) is 0 Å². The largest absolute Gasteiger partial charge is 0.373 e. The fourth-order valence-corrected chi connectivity index (χ4v) is 1.98. The fourth-order valence-electron chi connectivity index (χ4n) is 1.86. The van der Waals surface area contributed by atoms with E-state index in [-0.39, 0.29) is 17.7 Å². The first kappa shape index (κ1) is 17.4. The van der Waals surface area contributed by atoms with Gasteiger partial charge in [-0.25, -0.2) is 0 Å². The Morgan fingerprint density at radius 2 is 1.75 bits per heavy atom. The first-order chi connectivity index (χ1) is 9.33. The van der Waals surface area contributed by atoms with Crippen molar-refractivity contribution in [3.05, 3.63) is 34.9 Å². The first-order valence-electron chi connectivity index (χ1n) is 7.10. The topological polar surface area (TPSA) is 44.5 Å². The molecule has 20 heavy (non-hydrogen) atoms. The molecule has 0 bridgehead atoms. The molecule has 0 heterocycles. The molecule has 2 unspecified atom stereocenters. The Labute approximate surface area is 127 Å². The van der Waals surface area contributed by atoms with Crippen molar-refractivity contribution in [2.45, 2.75) is 51.9 Å². The second-order valence-electron chi connectivity index (χ2n) is 5.88. The molecule has 0 saturated carbocycles. The highest BCUT2D eigenvalue weighted by Crippen LogP contribution is 2.23. The van der Waals surface area contributed by atoms with Crippen LogP contribution in [-0.2, 0) is 9.47 Å². The fraction of sp³-hybridized carbons (Fsp3) is 0.625. The summed E-state index contributed by atoms with van der Waals surface area (Å²) in [5.74, 6) is 0. The zero-order valence-corrected chi connectivity index (χ0v) is 13.6. The number of ether oxygens (including phenoxy) is 2. The lowest BCUT2D eigenvalue weighted by Gasteiger charge is -2.25. The third-order valence-corrected chi connectivity index (χ3v) is 3.23. The quantitative estimate of drug-likeness (QED) is 0.775. The SMILES string of the molecule is CCC(N)C(OCCOC(C)(C)C)c1ccc(Cl)cc1. The van der Waals surface area contributed by atoms with E-state index in [1.165, 1.54) is 0 Å². The molecule has 1 aromatic rings. The third-order valence-electron chi connectivity index (χ3n) is 2.97. The molecule has 114 valence electrons. The van der Waals surface area contributed by atoms with Gasteiger partial charge in [-0.05, 0) is 44.9 Å². The van der Waals surface area contributed by atoms with Crippen LogP contribution in [0.15, 0.2) is 24.3 Å². The van der Waals surface area contributed by atoms with Gasteiger partial charge in [0.2, 0.25) is 0 Å². The van der Waals surface area contributed by atoms with Gasteiger partial charge in [0, 0.05) is 11.1 Å². The van der Waals surface area contributed by atoms with E-state index in [9.17, 15) is 0 Å². The van der Waals surface area contributed by atoms with E-state index in [0.717, 1.165) is 12.0 Å². The van der Waals surface area contributed by atoms with Crippen LogP contribution >= 0.6 is 11.6 Å². The van der Waals surface area contributed by atoms with Gasteiger partial charge >= 0.3 is 0 Å². The predicted octanol–water partition coefficient (Wildman–Crippen LogP) is 3.95. The van der Waals surface area contributed by atoms with Crippen LogP contribution in [0.2, 0.25) is 5.02 Å². The van der Waals surface area contributed by atoms with Crippen molar-refractivity contribution < 1.29 is 9.47 Å². The number of halogens is 1. The van der Waals surface area contributed by atoms with Gasteiger partial charge in [-0.1, -0.05) is 30.7 Å². The second kappa shape index (κ2) is 7.99. The molecule has 0 fully saturated rings. The highest BCUT2D eigenvalue weighted by Gasteiger charge is 2.19. The van der Waals surface area contributed by atoms with Gasteiger partial charge in [-0.2, -0.15) is 0 Å². The van der Waals surface area contributed by atoms with Gasteiger partial charge in [0.05, 0.1) is 24.9 Å². The van der Waals surface area contributed by atoms with E-state index in [2.05, 4.69) is 6.92 Å². The summed E-state index contributed by atoms with van der Waals surface area (Å²) in [6, 6.07) is 7.62. The molecule has 2 N–H and O–H groups in total. The molecular formula is C16H26ClNO2. The van der Waals surface area contributed by atoms with Gasteiger partial charge in [-0.3, -0.25) is 0 Å². The molecule has 1 rings (SSSR count). The van der Waals surface area contributed by atoms with Crippen LogP contribution in [0.25, 0.3) is 0 Å². The average Bonchev–Trinajstić information content (AvgIpc) is 2.38.